The van der Waals surface area contributed by atoms with Gasteiger partial charge in [0, 0.05) is 12.1 Å². The Hall–Kier alpha value is -0.0800. The minimum absolute atomic E-state index is 0.578. The van der Waals surface area contributed by atoms with Crippen molar-refractivity contribution in [3.05, 3.63) is 0 Å². The molecule has 0 radical (unpaired) electrons. The number of rotatable bonds is 2. The lowest BCUT2D eigenvalue weighted by atomic mass is 9.94. The number of nitrogens with one attached hydrogen (secondary N) is 1. The van der Waals surface area contributed by atoms with Crippen molar-refractivity contribution in [3.63, 3.8) is 0 Å². The molecule has 0 bridgehead atoms. The highest BCUT2D eigenvalue weighted by atomic mass is 15.3. The number of hydrogen-bond donors (Lipinski definition) is 1. The molecular weight excluding hydrogens is 136 g/mol. The molecule has 2 nitrogen and oxygen atoms in total. The Morgan fingerprint density at radius 2 is 1.91 bits per heavy atom. The Morgan fingerprint density at radius 1 is 1.27 bits per heavy atom. The van der Waals surface area contributed by atoms with E-state index < -0.39 is 0 Å². The fourth-order valence-electron chi connectivity index (χ4n) is 2.84. The van der Waals surface area contributed by atoms with Gasteiger partial charge in [-0.3, -0.25) is 4.90 Å². The molecule has 0 aromatic rings. The van der Waals surface area contributed by atoms with E-state index in [1.165, 1.54) is 45.3 Å². The number of nitrogens with zero attached hydrogens (tertiary/aromatic N) is 1. The highest BCUT2D eigenvalue weighted by Gasteiger charge is 2.43. The predicted octanol–water partition coefficient (Wildman–Crippen LogP) is 0.834. The summed E-state index contributed by atoms with van der Waals surface area (Å²) < 4.78 is 0. The zero-order valence-electron chi connectivity index (χ0n) is 7.40. The summed E-state index contributed by atoms with van der Waals surface area (Å²) in [6, 6.07) is 0. The van der Waals surface area contributed by atoms with E-state index in [4.69, 9.17) is 0 Å². The van der Waals surface area contributed by atoms with E-state index in [9.17, 15) is 0 Å². The molecule has 2 aliphatic heterocycles. The summed E-state index contributed by atoms with van der Waals surface area (Å²) in [5.74, 6) is 0. The topological polar surface area (TPSA) is 15.3 Å². The largest absolute Gasteiger partial charge is 0.318 e. The first-order chi connectivity index (χ1) is 5.37. The molecule has 2 aliphatic rings. The van der Waals surface area contributed by atoms with E-state index in [1.807, 2.05) is 0 Å². The van der Waals surface area contributed by atoms with Gasteiger partial charge in [-0.2, -0.15) is 0 Å². The molecule has 0 unspecified atom stereocenters. The molecule has 0 saturated carbocycles. The zero-order valence-corrected chi connectivity index (χ0v) is 7.40. The first-order valence-corrected chi connectivity index (χ1v) is 4.77. The van der Waals surface area contributed by atoms with Crippen LogP contribution in [0, 0.1) is 0 Å². The van der Waals surface area contributed by atoms with Crippen LogP contribution in [0.15, 0.2) is 0 Å². The van der Waals surface area contributed by atoms with Gasteiger partial charge in [-0.15, -0.1) is 0 Å². The second kappa shape index (κ2) is 2.76. The average Bonchev–Trinajstić information content (AvgIpc) is 2.45. The van der Waals surface area contributed by atoms with Crippen LogP contribution in [0.2, 0.25) is 0 Å². The third-order valence-electron chi connectivity index (χ3n) is 3.32. The van der Waals surface area contributed by atoms with Gasteiger partial charge >= 0.3 is 0 Å². The maximum Gasteiger partial charge on any atom is 0.0334 e. The summed E-state index contributed by atoms with van der Waals surface area (Å²) in [5.41, 5.74) is 0.578. The number of fused-ring (bicyclic) bond motifs is 1. The van der Waals surface area contributed by atoms with Crippen molar-refractivity contribution in [2.24, 2.45) is 0 Å². The maximum atomic E-state index is 3.33. The molecule has 1 N–H and O–H groups in total. The normalized spacial score (nSPS) is 29.2. The Balaban J connectivity index is 2.07. The number of likely N-dealkylation sites (N-methyl/N-ethyl adjacent to an activating group) is 1. The summed E-state index contributed by atoms with van der Waals surface area (Å²) in [6.45, 7) is 3.90. The molecule has 2 fully saturated rings. The van der Waals surface area contributed by atoms with Crippen LogP contribution in [0.4, 0.5) is 0 Å². The van der Waals surface area contributed by atoms with Crippen molar-refractivity contribution >= 4 is 0 Å². The van der Waals surface area contributed by atoms with E-state index in [2.05, 4.69) is 17.3 Å². The minimum Gasteiger partial charge on any atom is -0.318 e. The molecule has 64 valence electrons. The highest BCUT2D eigenvalue weighted by molar-refractivity contribution is 5.01. The fraction of sp³-hybridized carbons (Fsp3) is 1.00. The summed E-state index contributed by atoms with van der Waals surface area (Å²) in [4.78, 5) is 2.68. The van der Waals surface area contributed by atoms with Crippen LogP contribution in [-0.4, -0.2) is 37.1 Å². The van der Waals surface area contributed by atoms with Gasteiger partial charge < -0.3 is 5.32 Å². The van der Waals surface area contributed by atoms with Crippen molar-refractivity contribution in [1.82, 2.24) is 10.2 Å². The molecule has 2 heteroatoms. The minimum atomic E-state index is 0.578. The van der Waals surface area contributed by atoms with Gasteiger partial charge in [0.05, 0.1) is 0 Å². The van der Waals surface area contributed by atoms with Crippen LogP contribution in [0.1, 0.15) is 25.7 Å². The fourth-order valence-corrected chi connectivity index (χ4v) is 2.84. The van der Waals surface area contributed by atoms with Crippen LogP contribution >= 0.6 is 0 Å². The average molecular weight is 154 g/mol. The van der Waals surface area contributed by atoms with E-state index >= 15 is 0 Å². The molecule has 0 aromatic heterocycles. The summed E-state index contributed by atoms with van der Waals surface area (Å²) in [5, 5.41) is 3.33. The Bertz CT molecular complexity index is 134. The highest BCUT2D eigenvalue weighted by Crippen LogP contribution is 2.37. The Morgan fingerprint density at radius 3 is 2.45 bits per heavy atom. The smallest absolute Gasteiger partial charge is 0.0334 e. The zero-order chi connectivity index (χ0) is 7.73. The van der Waals surface area contributed by atoms with Crippen molar-refractivity contribution in [3.8, 4) is 0 Å². The lowest BCUT2D eigenvalue weighted by Crippen LogP contribution is -2.45. The predicted molar refractivity (Wildman–Crippen MR) is 46.7 cm³/mol. The molecule has 2 heterocycles. The van der Waals surface area contributed by atoms with E-state index in [1.54, 1.807) is 0 Å². The van der Waals surface area contributed by atoms with E-state index in [-0.39, 0.29) is 0 Å². The van der Waals surface area contributed by atoms with Crippen molar-refractivity contribution in [1.29, 1.82) is 0 Å². The quantitative estimate of drug-likeness (QED) is 0.634. The molecule has 2 saturated heterocycles. The molecule has 2 rings (SSSR count). The van der Waals surface area contributed by atoms with Crippen molar-refractivity contribution in [2.45, 2.75) is 31.2 Å². The van der Waals surface area contributed by atoms with Crippen LogP contribution in [0.5, 0.6) is 0 Å². The summed E-state index contributed by atoms with van der Waals surface area (Å²) in [6.07, 6.45) is 5.69. The number of hydrogen-bond acceptors (Lipinski definition) is 2. The molecule has 0 amide bonds. The Kier molecular flexibility index (Phi) is 1.90. The van der Waals surface area contributed by atoms with Crippen LogP contribution in [0.25, 0.3) is 0 Å². The van der Waals surface area contributed by atoms with Gasteiger partial charge in [0.2, 0.25) is 0 Å². The van der Waals surface area contributed by atoms with Gasteiger partial charge in [0.25, 0.3) is 0 Å². The van der Waals surface area contributed by atoms with Crippen LogP contribution < -0.4 is 5.32 Å². The van der Waals surface area contributed by atoms with Crippen LogP contribution in [-0.2, 0) is 0 Å². The molecule has 0 atom stereocenters. The van der Waals surface area contributed by atoms with Gasteiger partial charge in [0.15, 0.2) is 0 Å². The second-order valence-corrected chi connectivity index (χ2v) is 3.95. The standard InChI is InChI=1S/C9H18N2/c1-10-8-9-4-2-6-11(9)7-3-5-9/h10H,2-8H2,1H3. The maximum absolute atomic E-state index is 3.33. The molecule has 0 aliphatic carbocycles. The summed E-state index contributed by atoms with van der Waals surface area (Å²) in [7, 11) is 2.07. The molecule has 0 aromatic carbocycles. The lowest BCUT2D eigenvalue weighted by Gasteiger charge is -2.31. The van der Waals surface area contributed by atoms with Gasteiger partial charge in [-0.25, -0.2) is 0 Å². The molecule has 11 heavy (non-hydrogen) atoms. The third kappa shape index (κ3) is 1.09. The Labute approximate surface area is 69.0 Å². The second-order valence-electron chi connectivity index (χ2n) is 3.95. The molecule has 0 spiro atoms. The van der Waals surface area contributed by atoms with Gasteiger partial charge in [0.1, 0.15) is 0 Å². The van der Waals surface area contributed by atoms with Crippen LogP contribution in [0.3, 0.4) is 0 Å². The SMILES string of the molecule is CNCC12CCCN1CCC2. The summed E-state index contributed by atoms with van der Waals surface area (Å²) >= 11 is 0. The van der Waals surface area contributed by atoms with Crippen molar-refractivity contribution < 1.29 is 0 Å². The van der Waals surface area contributed by atoms with Gasteiger partial charge in [-0.1, -0.05) is 0 Å². The molecular formula is C9H18N2. The first-order valence-electron chi connectivity index (χ1n) is 4.77. The van der Waals surface area contributed by atoms with Gasteiger partial charge in [-0.05, 0) is 45.8 Å². The third-order valence-corrected chi connectivity index (χ3v) is 3.32. The van der Waals surface area contributed by atoms with E-state index in [0.29, 0.717) is 5.54 Å². The monoisotopic (exact) mass is 154 g/mol. The van der Waals surface area contributed by atoms with Crippen molar-refractivity contribution in [2.75, 3.05) is 26.7 Å². The lowest BCUT2D eigenvalue weighted by molar-refractivity contribution is 0.193. The first kappa shape index (κ1) is 7.56. The van der Waals surface area contributed by atoms with E-state index in [0.717, 1.165) is 0 Å².